The Morgan fingerprint density at radius 2 is 1.71 bits per heavy atom. The first-order valence-corrected chi connectivity index (χ1v) is 15.0. The van der Waals surface area contributed by atoms with Crippen LogP contribution in [0.5, 0.6) is 0 Å². The van der Waals surface area contributed by atoms with E-state index in [4.69, 9.17) is 14.6 Å². The third-order valence-electron chi connectivity index (χ3n) is 10.9. The molecule has 5 rings (SSSR count). The fourth-order valence-electron chi connectivity index (χ4n) is 8.74. The summed E-state index contributed by atoms with van der Waals surface area (Å²) < 4.78 is 11.4. The van der Waals surface area contributed by atoms with E-state index in [2.05, 4.69) is 6.92 Å². The predicted octanol–water partition coefficient (Wildman–Crippen LogP) is 3.99. The van der Waals surface area contributed by atoms with Crippen molar-refractivity contribution in [1.29, 1.82) is 0 Å². The smallest absolute Gasteiger partial charge is 0.310 e. The lowest BCUT2D eigenvalue weighted by Gasteiger charge is -2.60. The third-order valence-corrected chi connectivity index (χ3v) is 10.9. The van der Waals surface area contributed by atoms with Crippen molar-refractivity contribution in [3.8, 4) is 0 Å². The third kappa shape index (κ3) is 5.32. The minimum absolute atomic E-state index is 0.0285. The largest absolute Gasteiger partial charge is 0.481 e. The van der Waals surface area contributed by atoms with Gasteiger partial charge in [0.2, 0.25) is 5.78 Å². The Morgan fingerprint density at radius 3 is 2.43 bits per heavy atom. The van der Waals surface area contributed by atoms with Gasteiger partial charge >= 0.3 is 17.9 Å². The number of rotatable bonds is 9. The quantitative estimate of drug-likeness (QED) is 0.414. The highest BCUT2D eigenvalue weighted by Crippen LogP contribution is 2.68. The van der Waals surface area contributed by atoms with E-state index in [9.17, 15) is 29.1 Å². The van der Waals surface area contributed by atoms with Crippen LogP contribution in [0.2, 0.25) is 0 Å². The van der Waals surface area contributed by atoms with Gasteiger partial charge in [0.1, 0.15) is 11.7 Å². The first kappa shape index (κ1) is 30.1. The topological polar surface area (TPSA) is 144 Å². The van der Waals surface area contributed by atoms with E-state index in [0.717, 1.165) is 24.0 Å². The molecule has 3 fully saturated rings. The van der Waals surface area contributed by atoms with E-state index in [-0.39, 0.29) is 60.6 Å². The van der Waals surface area contributed by atoms with Gasteiger partial charge in [0.15, 0.2) is 12.4 Å². The van der Waals surface area contributed by atoms with Crippen LogP contribution in [0.25, 0.3) is 0 Å². The molecule has 3 saturated carbocycles. The van der Waals surface area contributed by atoms with Gasteiger partial charge in [0.05, 0.1) is 19.3 Å². The number of ether oxygens (including phenoxy) is 2. The van der Waals surface area contributed by atoms with Crippen LogP contribution in [-0.2, 0) is 39.9 Å². The molecule has 0 bridgehead atoms. The van der Waals surface area contributed by atoms with E-state index >= 15 is 0 Å². The van der Waals surface area contributed by atoms with Gasteiger partial charge in [0.25, 0.3) is 0 Å². The molecule has 4 aliphatic rings. The van der Waals surface area contributed by atoms with Crippen LogP contribution in [0, 0.1) is 28.6 Å². The van der Waals surface area contributed by atoms with Gasteiger partial charge < -0.3 is 19.7 Å². The number of allylic oxidation sites excluding steroid dienone is 1. The van der Waals surface area contributed by atoms with Crippen molar-refractivity contribution in [2.45, 2.75) is 89.8 Å². The van der Waals surface area contributed by atoms with Gasteiger partial charge in [-0.25, -0.2) is 0 Å². The van der Waals surface area contributed by atoms with Crippen LogP contribution in [0.1, 0.15) is 77.2 Å². The molecule has 7 atom stereocenters. The monoisotopic (exact) mass is 580 g/mol. The predicted molar refractivity (Wildman–Crippen MR) is 150 cm³/mol. The summed E-state index contributed by atoms with van der Waals surface area (Å²) in [5.74, 6) is -2.85. The van der Waals surface area contributed by atoms with E-state index in [0.29, 0.717) is 19.3 Å². The molecule has 9 heteroatoms. The Labute approximate surface area is 245 Å². The lowest BCUT2D eigenvalue weighted by molar-refractivity contribution is -0.197. The number of esters is 2. The maximum atomic E-state index is 13.5. The molecule has 42 heavy (non-hydrogen) atoms. The summed E-state index contributed by atoms with van der Waals surface area (Å²) in [6, 6.07) is 9.34. The summed E-state index contributed by atoms with van der Waals surface area (Å²) in [5.41, 5.74) is -1.13. The maximum Gasteiger partial charge on any atom is 0.310 e. The fraction of sp³-hybridized carbons (Fsp3) is 0.606. The van der Waals surface area contributed by atoms with Crippen molar-refractivity contribution >= 4 is 29.5 Å². The van der Waals surface area contributed by atoms with Crippen LogP contribution in [0.3, 0.4) is 0 Å². The number of carbonyl (C=O) groups excluding carboxylic acids is 4. The molecule has 0 amide bonds. The second kappa shape index (κ2) is 11.4. The standard InChI is InChI=1S/C33H40O9/c1-31-14-12-22(34)17-21(31)8-9-23-24-13-15-33(40,26(35)19-41-28(38)11-10-27(36)37)32(24,2)18-25(30(23)31)42-29(39)16-20-6-4-3-5-7-20/h3-7,17,23-25,30,40H,8-16,18-19H2,1-2H3,(H,36,37)/t23-,24-,25?,30+,31-,32-,33-/m0/s1. The SMILES string of the molecule is C[C@]12CCC(=O)C=C1CC[C@@H]1[C@@H]2C(OC(=O)Cc2ccccc2)C[C@@]2(C)[C@H]1CC[C@]2(O)C(=O)COC(=O)CCC(=O)O. The molecular weight excluding hydrogens is 540 g/mol. The number of carbonyl (C=O) groups is 5. The van der Waals surface area contributed by atoms with Crippen LogP contribution in [0.15, 0.2) is 42.0 Å². The molecule has 0 heterocycles. The molecule has 2 N–H and O–H groups in total. The second-order valence-electron chi connectivity index (χ2n) is 13.1. The Kier molecular flexibility index (Phi) is 8.18. The Bertz CT molecular complexity index is 1300. The molecule has 1 aromatic carbocycles. The van der Waals surface area contributed by atoms with Crippen LogP contribution in [0.4, 0.5) is 0 Å². The number of ketones is 2. The van der Waals surface area contributed by atoms with Crippen LogP contribution in [-0.4, -0.2) is 58.0 Å². The van der Waals surface area contributed by atoms with Gasteiger partial charge in [-0.05, 0) is 67.4 Å². The number of fused-ring (bicyclic) bond motifs is 5. The Morgan fingerprint density at radius 1 is 0.976 bits per heavy atom. The first-order valence-electron chi connectivity index (χ1n) is 15.0. The number of aliphatic hydroxyl groups is 1. The number of Topliss-reactive ketones (excluding diaryl/α,β-unsaturated/α-hetero) is 1. The molecule has 0 aromatic heterocycles. The van der Waals surface area contributed by atoms with Crippen molar-refractivity contribution in [2.24, 2.45) is 28.6 Å². The fourth-order valence-corrected chi connectivity index (χ4v) is 8.74. The summed E-state index contributed by atoms with van der Waals surface area (Å²) in [4.78, 5) is 62.0. The molecule has 0 radical (unpaired) electrons. The Balaban J connectivity index is 1.43. The normalized spacial score (nSPS) is 35.2. The summed E-state index contributed by atoms with van der Waals surface area (Å²) >= 11 is 0. The lowest BCUT2D eigenvalue weighted by Crippen LogP contribution is -2.62. The molecule has 1 unspecified atom stereocenters. The van der Waals surface area contributed by atoms with Gasteiger partial charge in [-0.3, -0.25) is 24.0 Å². The van der Waals surface area contributed by atoms with E-state index in [1.165, 1.54) is 0 Å². The summed E-state index contributed by atoms with van der Waals surface area (Å²) in [7, 11) is 0. The minimum atomic E-state index is -1.79. The van der Waals surface area contributed by atoms with E-state index < -0.39 is 47.9 Å². The molecule has 9 nitrogen and oxygen atoms in total. The number of hydrogen-bond donors (Lipinski definition) is 2. The van der Waals surface area contributed by atoms with Crippen LogP contribution < -0.4 is 0 Å². The highest BCUT2D eigenvalue weighted by atomic mass is 16.5. The van der Waals surface area contributed by atoms with E-state index in [1.807, 2.05) is 37.3 Å². The van der Waals surface area contributed by atoms with Gasteiger partial charge in [-0.2, -0.15) is 0 Å². The number of hydrogen-bond acceptors (Lipinski definition) is 8. The van der Waals surface area contributed by atoms with Crippen LogP contribution >= 0.6 is 0 Å². The zero-order valence-electron chi connectivity index (χ0n) is 24.3. The maximum absolute atomic E-state index is 13.5. The van der Waals surface area contributed by atoms with Gasteiger partial charge in [-0.15, -0.1) is 0 Å². The number of carboxylic acids is 1. The van der Waals surface area contributed by atoms with Gasteiger partial charge in [-0.1, -0.05) is 49.8 Å². The lowest BCUT2D eigenvalue weighted by atomic mass is 9.45. The highest BCUT2D eigenvalue weighted by Gasteiger charge is 2.69. The van der Waals surface area contributed by atoms with E-state index in [1.54, 1.807) is 6.08 Å². The number of aliphatic carboxylic acids is 1. The molecule has 0 aliphatic heterocycles. The Hall–Kier alpha value is -3.33. The summed E-state index contributed by atoms with van der Waals surface area (Å²) in [6.07, 6.45) is 4.22. The van der Waals surface area contributed by atoms with Crippen molar-refractivity contribution in [1.82, 2.24) is 0 Å². The average molecular weight is 581 g/mol. The highest BCUT2D eigenvalue weighted by molar-refractivity contribution is 5.92. The summed E-state index contributed by atoms with van der Waals surface area (Å²) in [6.45, 7) is 3.42. The van der Waals surface area contributed by atoms with Crippen molar-refractivity contribution in [3.05, 3.63) is 47.5 Å². The zero-order valence-corrected chi connectivity index (χ0v) is 24.3. The van der Waals surface area contributed by atoms with Crippen molar-refractivity contribution < 1.29 is 43.7 Å². The molecule has 1 aromatic rings. The second-order valence-corrected chi connectivity index (χ2v) is 13.1. The first-order chi connectivity index (χ1) is 19.9. The number of benzene rings is 1. The molecule has 0 saturated heterocycles. The molecule has 226 valence electrons. The average Bonchev–Trinajstić information content (AvgIpc) is 3.22. The molecular formula is C33H40O9. The van der Waals surface area contributed by atoms with Crippen molar-refractivity contribution in [3.63, 3.8) is 0 Å². The number of carboxylic acid groups (broad SMARTS) is 1. The van der Waals surface area contributed by atoms with Gasteiger partial charge in [0, 0.05) is 17.8 Å². The minimum Gasteiger partial charge on any atom is -0.481 e. The molecule has 4 aliphatic carbocycles. The molecule has 0 spiro atoms. The summed E-state index contributed by atoms with van der Waals surface area (Å²) in [5, 5.41) is 20.8. The zero-order chi connectivity index (χ0) is 30.3. The van der Waals surface area contributed by atoms with Crippen molar-refractivity contribution in [2.75, 3.05) is 6.61 Å².